The van der Waals surface area contributed by atoms with Crippen LogP contribution in [-0.2, 0) is 0 Å². The van der Waals surface area contributed by atoms with E-state index in [4.69, 9.17) is 5.84 Å². The fourth-order valence-corrected chi connectivity index (χ4v) is 1.77. The van der Waals surface area contributed by atoms with E-state index in [2.05, 4.69) is 17.3 Å². The van der Waals surface area contributed by atoms with E-state index in [1.807, 2.05) is 6.92 Å². The minimum atomic E-state index is 0.478. The van der Waals surface area contributed by atoms with Crippen molar-refractivity contribution in [2.24, 2.45) is 11.8 Å². The molecule has 1 aliphatic rings. The van der Waals surface area contributed by atoms with Gasteiger partial charge in [0.05, 0.1) is 0 Å². The molecule has 1 atom stereocenters. The van der Waals surface area contributed by atoms with E-state index >= 15 is 0 Å². The van der Waals surface area contributed by atoms with Crippen molar-refractivity contribution in [3.63, 3.8) is 0 Å². The SMILES string of the molecule is CC#CCCC(CC1CCC1)NN. The largest absolute Gasteiger partial charge is 0.271 e. The zero-order valence-electron chi connectivity index (χ0n) is 8.47. The van der Waals surface area contributed by atoms with Crippen molar-refractivity contribution in [3.05, 3.63) is 0 Å². The summed E-state index contributed by atoms with van der Waals surface area (Å²) in [5, 5.41) is 0. The second-order valence-corrected chi connectivity index (χ2v) is 3.86. The van der Waals surface area contributed by atoms with Gasteiger partial charge >= 0.3 is 0 Å². The normalized spacial score (nSPS) is 18.6. The van der Waals surface area contributed by atoms with Gasteiger partial charge in [-0.1, -0.05) is 19.3 Å². The molecule has 74 valence electrons. The van der Waals surface area contributed by atoms with Crippen LogP contribution >= 0.6 is 0 Å². The van der Waals surface area contributed by atoms with Crippen LogP contribution in [0.15, 0.2) is 0 Å². The molecule has 1 unspecified atom stereocenters. The number of hydrogen-bond donors (Lipinski definition) is 2. The molecule has 2 heteroatoms. The van der Waals surface area contributed by atoms with Crippen molar-refractivity contribution >= 4 is 0 Å². The Hall–Kier alpha value is -0.520. The predicted octanol–water partition coefficient (Wildman–Crippen LogP) is 1.81. The van der Waals surface area contributed by atoms with Crippen molar-refractivity contribution in [1.29, 1.82) is 0 Å². The first kappa shape index (κ1) is 10.6. The van der Waals surface area contributed by atoms with Crippen LogP contribution in [0, 0.1) is 17.8 Å². The highest BCUT2D eigenvalue weighted by atomic mass is 15.2. The first-order chi connectivity index (χ1) is 6.36. The highest BCUT2D eigenvalue weighted by Crippen LogP contribution is 2.30. The molecule has 0 saturated heterocycles. The molecule has 0 spiro atoms. The number of hydrogen-bond acceptors (Lipinski definition) is 2. The maximum Gasteiger partial charge on any atom is 0.0222 e. The number of nitrogens with one attached hydrogen (secondary N) is 1. The van der Waals surface area contributed by atoms with E-state index in [9.17, 15) is 0 Å². The van der Waals surface area contributed by atoms with Crippen LogP contribution in [0.1, 0.15) is 45.4 Å². The van der Waals surface area contributed by atoms with Crippen LogP contribution in [0.25, 0.3) is 0 Å². The summed E-state index contributed by atoms with van der Waals surface area (Å²) >= 11 is 0. The van der Waals surface area contributed by atoms with Crippen LogP contribution < -0.4 is 11.3 Å². The van der Waals surface area contributed by atoms with Crippen LogP contribution in [0.5, 0.6) is 0 Å². The molecule has 1 rings (SSSR count). The first-order valence-corrected chi connectivity index (χ1v) is 5.22. The quantitative estimate of drug-likeness (QED) is 0.385. The van der Waals surface area contributed by atoms with Gasteiger partial charge < -0.3 is 0 Å². The van der Waals surface area contributed by atoms with Crippen LogP contribution in [-0.4, -0.2) is 6.04 Å². The molecule has 1 saturated carbocycles. The summed E-state index contributed by atoms with van der Waals surface area (Å²) in [5.41, 5.74) is 2.89. The molecule has 1 aliphatic carbocycles. The molecule has 3 N–H and O–H groups in total. The van der Waals surface area contributed by atoms with Gasteiger partial charge in [-0.2, -0.15) is 0 Å². The van der Waals surface area contributed by atoms with E-state index in [-0.39, 0.29) is 0 Å². The summed E-state index contributed by atoms with van der Waals surface area (Å²) in [5.74, 6) is 12.4. The van der Waals surface area contributed by atoms with Crippen molar-refractivity contribution < 1.29 is 0 Å². The zero-order chi connectivity index (χ0) is 9.52. The minimum Gasteiger partial charge on any atom is -0.271 e. The molecule has 0 aromatic heterocycles. The summed E-state index contributed by atoms with van der Waals surface area (Å²) in [6.07, 6.45) is 7.51. The third-order valence-electron chi connectivity index (χ3n) is 2.87. The van der Waals surface area contributed by atoms with Gasteiger partial charge in [0.1, 0.15) is 0 Å². The van der Waals surface area contributed by atoms with Gasteiger partial charge in [-0.3, -0.25) is 11.3 Å². The fraction of sp³-hybridized carbons (Fsp3) is 0.818. The Balaban J connectivity index is 2.12. The second kappa shape index (κ2) is 6.01. The molecule has 2 nitrogen and oxygen atoms in total. The third-order valence-corrected chi connectivity index (χ3v) is 2.87. The van der Waals surface area contributed by atoms with E-state index < -0.39 is 0 Å². The monoisotopic (exact) mass is 180 g/mol. The van der Waals surface area contributed by atoms with E-state index in [1.165, 1.54) is 25.7 Å². The lowest BCUT2D eigenvalue weighted by Crippen LogP contribution is -2.37. The van der Waals surface area contributed by atoms with Gasteiger partial charge in [-0.25, -0.2) is 0 Å². The van der Waals surface area contributed by atoms with Gasteiger partial charge in [-0.05, 0) is 25.7 Å². The van der Waals surface area contributed by atoms with Crippen LogP contribution in [0.2, 0.25) is 0 Å². The molecular weight excluding hydrogens is 160 g/mol. The van der Waals surface area contributed by atoms with Crippen LogP contribution in [0.3, 0.4) is 0 Å². The second-order valence-electron chi connectivity index (χ2n) is 3.86. The summed E-state index contributed by atoms with van der Waals surface area (Å²) in [6.45, 7) is 1.89. The van der Waals surface area contributed by atoms with Crippen molar-refractivity contribution in [2.75, 3.05) is 0 Å². The maximum absolute atomic E-state index is 5.48. The Kier molecular flexibility index (Phi) is 4.88. The Bertz CT molecular complexity index is 186. The van der Waals surface area contributed by atoms with Crippen molar-refractivity contribution in [3.8, 4) is 11.8 Å². The topological polar surface area (TPSA) is 38.0 Å². The molecule has 0 radical (unpaired) electrons. The molecule has 0 amide bonds. The van der Waals surface area contributed by atoms with Crippen molar-refractivity contribution in [1.82, 2.24) is 5.43 Å². The van der Waals surface area contributed by atoms with Crippen molar-refractivity contribution in [2.45, 2.75) is 51.5 Å². The standard InChI is InChI=1S/C11H20N2/c1-2-3-4-8-11(13-12)9-10-6-5-7-10/h10-11,13H,4-9,12H2,1H3. The zero-order valence-corrected chi connectivity index (χ0v) is 8.47. The van der Waals surface area contributed by atoms with Gasteiger partial charge in [0, 0.05) is 12.5 Å². The lowest BCUT2D eigenvalue weighted by molar-refractivity contribution is 0.256. The van der Waals surface area contributed by atoms with E-state index in [0.29, 0.717) is 6.04 Å². The Morgan fingerprint density at radius 2 is 2.31 bits per heavy atom. The molecular formula is C11H20N2. The molecule has 0 aromatic rings. The smallest absolute Gasteiger partial charge is 0.0222 e. The predicted molar refractivity (Wildman–Crippen MR) is 55.8 cm³/mol. The maximum atomic E-state index is 5.48. The third kappa shape index (κ3) is 3.80. The molecule has 1 fully saturated rings. The Morgan fingerprint density at radius 1 is 1.54 bits per heavy atom. The van der Waals surface area contributed by atoms with E-state index in [0.717, 1.165) is 18.8 Å². The first-order valence-electron chi connectivity index (χ1n) is 5.22. The number of nitrogens with two attached hydrogens (primary N) is 1. The lowest BCUT2D eigenvalue weighted by Gasteiger charge is -2.29. The number of hydrazine groups is 1. The molecule has 13 heavy (non-hydrogen) atoms. The summed E-state index contributed by atoms with van der Waals surface area (Å²) in [7, 11) is 0. The highest BCUT2D eigenvalue weighted by Gasteiger charge is 2.20. The average Bonchev–Trinajstić information content (AvgIpc) is 2.08. The molecule has 0 aliphatic heterocycles. The number of rotatable bonds is 5. The summed E-state index contributed by atoms with van der Waals surface area (Å²) in [4.78, 5) is 0. The van der Waals surface area contributed by atoms with Gasteiger partial charge in [-0.15, -0.1) is 11.8 Å². The van der Waals surface area contributed by atoms with Gasteiger partial charge in [0.2, 0.25) is 0 Å². The molecule has 0 bridgehead atoms. The minimum absolute atomic E-state index is 0.478. The fourth-order valence-electron chi connectivity index (χ4n) is 1.77. The Labute approximate surface area is 81.2 Å². The summed E-state index contributed by atoms with van der Waals surface area (Å²) < 4.78 is 0. The summed E-state index contributed by atoms with van der Waals surface area (Å²) in [6, 6.07) is 0.478. The van der Waals surface area contributed by atoms with Crippen LogP contribution in [0.4, 0.5) is 0 Å². The van der Waals surface area contributed by atoms with Gasteiger partial charge in [0.25, 0.3) is 0 Å². The molecule has 0 heterocycles. The average molecular weight is 180 g/mol. The van der Waals surface area contributed by atoms with Gasteiger partial charge in [0.15, 0.2) is 0 Å². The highest BCUT2D eigenvalue weighted by molar-refractivity contribution is 4.95. The van der Waals surface area contributed by atoms with E-state index in [1.54, 1.807) is 0 Å². The lowest BCUT2D eigenvalue weighted by atomic mass is 9.80. The Morgan fingerprint density at radius 3 is 2.77 bits per heavy atom. The molecule has 0 aromatic carbocycles.